The first-order valence-corrected chi connectivity index (χ1v) is 10.9. The van der Waals surface area contributed by atoms with Crippen LogP contribution in [-0.2, 0) is 16.8 Å². The Morgan fingerprint density at radius 2 is 1.90 bits per heavy atom. The van der Waals surface area contributed by atoms with Crippen LogP contribution in [0.15, 0.2) is 39.5 Å². The van der Waals surface area contributed by atoms with Gasteiger partial charge in [-0.3, -0.25) is 9.59 Å². The summed E-state index contributed by atoms with van der Waals surface area (Å²) in [6, 6.07) is 9.30. The van der Waals surface area contributed by atoms with E-state index in [1.54, 1.807) is 6.92 Å². The number of anilines is 1. The third-order valence-corrected chi connectivity index (χ3v) is 6.40. The summed E-state index contributed by atoms with van der Waals surface area (Å²) in [7, 11) is 3.97. The Morgan fingerprint density at radius 3 is 2.52 bits per heavy atom. The van der Waals surface area contributed by atoms with Crippen LogP contribution in [-0.4, -0.2) is 36.6 Å². The highest BCUT2D eigenvalue weighted by Gasteiger charge is 2.41. The van der Waals surface area contributed by atoms with Gasteiger partial charge in [0.05, 0.1) is 0 Å². The number of amides is 1. The van der Waals surface area contributed by atoms with Crippen molar-refractivity contribution in [3.05, 3.63) is 57.6 Å². The van der Waals surface area contributed by atoms with Gasteiger partial charge in [-0.05, 0) is 49.0 Å². The summed E-state index contributed by atoms with van der Waals surface area (Å²) < 4.78 is 5.79. The number of aryl methyl sites for hydroxylation is 1. The van der Waals surface area contributed by atoms with E-state index in [0.29, 0.717) is 25.1 Å². The number of benzene rings is 1. The van der Waals surface area contributed by atoms with Crippen LogP contribution in [0.4, 0.5) is 5.69 Å². The van der Waals surface area contributed by atoms with Crippen LogP contribution in [0.3, 0.4) is 0 Å². The maximum absolute atomic E-state index is 12.8. The Balaban J connectivity index is 1.75. The molecule has 3 rings (SSSR count). The fraction of sp³-hybridized carbons (Fsp3) is 0.455. The first kappa shape index (κ1) is 21.3. The molecule has 0 bridgehead atoms. The van der Waals surface area contributed by atoms with Crippen molar-refractivity contribution >= 4 is 23.4 Å². The summed E-state index contributed by atoms with van der Waals surface area (Å²) in [5.41, 5.74) is 1.01. The van der Waals surface area contributed by atoms with Crippen molar-refractivity contribution in [1.82, 2.24) is 5.32 Å². The molecule has 1 aromatic carbocycles. The molecule has 0 radical (unpaired) electrons. The molecule has 1 amide bonds. The first-order chi connectivity index (χ1) is 13.8. The molecule has 29 heavy (non-hydrogen) atoms. The molecular weight excluding hydrogens is 388 g/mol. The Bertz CT molecular complexity index is 915. The van der Waals surface area contributed by atoms with E-state index in [0.717, 1.165) is 22.8 Å². The molecule has 156 valence electrons. The van der Waals surface area contributed by atoms with Crippen LogP contribution >= 0.6 is 11.8 Å². The van der Waals surface area contributed by atoms with Crippen molar-refractivity contribution in [3.8, 4) is 5.75 Å². The fourth-order valence-corrected chi connectivity index (χ4v) is 4.97. The third kappa shape index (κ3) is 4.96. The Hall–Kier alpha value is -2.41. The van der Waals surface area contributed by atoms with Crippen LogP contribution in [0, 0.1) is 6.92 Å². The van der Waals surface area contributed by atoms with Crippen LogP contribution < -0.4 is 15.6 Å². The molecule has 1 aliphatic rings. The Kier molecular flexibility index (Phi) is 6.57. The zero-order valence-corrected chi connectivity index (χ0v) is 18.0. The standard InChI is InChI=1S/C22H28N2O4S/c1-15-12-18(25)20(27)21(28-15)22(8-10-29-11-9-22)13-19(26)23-14-16-4-6-17(7-5-16)24(2)3/h4-7,12,27H,8-11,13-14H2,1-3H3,(H,23,26). The average Bonchev–Trinajstić information content (AvgIpc) is 2.70. The van der Waals surface area contributed by atoms with E-state index < -0.39 is 10.8 Å². The molecule has 0 saturated carbocycles. The molecule has 0 atom stereocenters. The van der Waals surface area contributed by atoms with Crippen LogP contribution in [0.25, 0.3) is 0 Å². The molecule has 1 aliphatic heterocycles. The zero-order valence-electron chi connectivity index (χ0n) is 17.2. The molecule has 2 heterocycles. The number of aromatic hydroxyl groups is 1. The van der Waals surface area contributed by atoms with E-state index in [1.165, 1.54) is 6.07 Å². The number of carbonyl (C=O) groups is 1. The minimum absolute atomic E-state index is 0.114. The number of thioether (sulfide) groups is 1. The summed E-state index contributed by atoms with van der Waals surface area (Å²) in [5.74, 6) is 1.94. The molecule has 6 nitrogen and oxygen atoms in total. The zero-order chi connectivity index (χ0) is 21.0. The molecule has 2 N–H and O–H groups in total. The van der Waals surface area contributed by atoms with Gasteiger partial charge in [0, 0.05) is 44.2 Å². The number of hydrogen-bond donors (Lipinski definition) is 2. The van der Waals surface area contributed by atoms with Crippen molar-refractivity contribution in [1.29, 1.82) is 0 Å². The number of rotatable bonds is 6. The second-order valence-corrected chi connectivity index (χ2v) is 9.03. The molecule has 1 fully saturated rings. The number of carbonyl (C=O) groups excluding carboxylic acids is 1. The van der Waals surface area contributed by atoms with Gasteiger partial charge < -0.3 is 19.7 Å². The predicted octanol–water partition coefficient (Wildman–Crippen LogP) is 3.19. The largest absolute Gasteiger partial charge is 0.502 e. The van der Waals surface area contributed by atoms with Crippen molar-refractivity contribution < 1.29 is 14.3 Å². The van der Waals surface area contributed by atoms with E-state index >= 15 is 0 Å². The summed E-state index contributed by atoms with van der Waals surface area (Å²) >= 11 is 1.81. The lowest BCUT2D eigenvalue weighted by molar-refractivity contribution is -0.122. The topological polar surface area (TPSA) is 82.8 Å². The molecular formula is C22H28N2O4S. The van der Waals surface area contributed by atoms with E-state index in [4.69, 9.17) is 4.42 Å². The minimum Gasteiger partial charge on any atom is -0.502 e. The van der Waals surface area contributed by atoms with Gasteiger partial charge in [0.2, 0.25) is 17.1 Å². The predicted molar refractivity (Wildman–Crippen MR) is 117 cm³/mol. The van der Waals surface area contributed by atoms with Gasteiger partial charge in [0.15, 0.2) is 5.76 Å². The van der Waals surface area contributed by atoms with Crippen LogP contribution in [0.2, 0.25) is 0 Å². The van der Waals surface area contributed by atoms with Gasteiger partial charge in [-0.1, -0.05) is 12.1 Å². The highest BCUT2D eigenvalue weighted by Crippen LogP contribution is 2.43. The lowest BCUT2D eigenvalue weighted by Crippen LogP contribution is -2.38. The molecule has 0 spiro atoms. The lowest BCUT2D eigenvalue weighted by atomic mass is 9.75. The first-order valence-electron chi connectivity index (χ1n) is 9.76. The second kappa shape index (κ2) is 8.95. The van der Waals surface area contributed by atoms with Crippen molar-refractivity contribution in [3.63, 3.8) is 0 Å². The summed E-state index contributed by atoms with van der Waals surface area (Å²) in [6.45, 7) is 2.12. The van der Waals surface area contributed by atoms with Gasteiger partial charge in [0.1, 0.15) is 5.76 Å². The summed E-state index contributed by atoms with van der Waals surface area (Å²) in [4.78, 5) is 26.9. The normalized spacial score (nSPS) is 15.7. The van der Waals surface area contributed by atoms with E-state index in [1.807, 2.05) is 55.0 Å². The quantitative estimate of drug-likeness (QED) is 0.753. The van der Waals surface area contributed by atoms with Crippen molar-refractivity contribution in [2.75, 3.05) is 30.5 Å². The SMILES string of the molecule is Cc1cc(=O)c(O)c(C2(CC(=O)NCc3ccc(N(C)C)cc3)CCSCC2)o1. The Morgan fingerprint density at radius 1 is 1.24 bits per heavy atom. The summed E-state index contributed by atoms with van der Waals surface area (Å²) in [5, 5.41) is 13.4. The van der Waals surface area contributed by atoms with E-state index in [2.05, 4.69) is 5.32 Å². The third-order valence-electron chi connectivity index (χ3n) is 5.42. The number of nitrogens with zero attached hydrogens (tertiary/aromatic N) is 1. The molecule has 2 aromatic rings. The van der Waals surface area contributed by atoms with Crippen molar-refractivity contribution in [2.24, 2.45) is 0 Å². The Labute approximate surface area is 175 Å². The molecule has 7 heteroatoms. The van der Waals surface area contributed by atoms with Gasteiger partial charge >= 0.3 is 0 Å². The van der Waals surface area contributed by atoms with Crippen LogP contribution in [0.1, 0.15) is 36.3 Å². The minimum atomic E-state index is -0.653. The summed E-state index contributed by atoms with van der Waals surface area (Å²) in [6.07, 6.45) is 1.55. The molecule has 1 aromatic heterocycles. The van der Waals surface area contributed by atoms with Gasteiger partial charge in [0.25, 0.3) is 0 Å². The van der Waals surface area contributed by atoms with Crippen molar-refractivity contribution in [2.45, 2.75) is 38.1 Å². The molecule has 1 saturated heterocycles. The fourth-order valence-electron chi connectivity index (χ4n) is 3.69. The maximum Gasteiger partial charge on any atom is 0.227 e. The lowest BCUT2D eigenvalue weighted by Gasteiger charge is -2.35. The highest BCUT2D eigenvalue weighted by atomic mass is 32.2. The van der Waals surface area contributed by atoms with E-state index in [-0.39, 0.29) is 23.8 Å². The number of nitrogens with one attached hydrogen (secondary N) is 1. The number of hydrogen-bond acceptors (Lipinski definition) is 6. The smallest absolute Gasteiger partial charge is 0.227 e. The van der Waals surface area contributed by atoms with Crippen LogP contribution in [0.5, 0.6) is 5.75 Å². The van der Waals surface area contributed by atoms with Gasteiger partial charge in [-0.15, -0.1) is 0 Å². The van der Waals surface area contributed by atoms with E-state index in [9.17, 15) is 14.7 Å². The highest BCUT2D eigenvalue weighted by molar-refractivity contribution is 7.99. The average molecular weight is 417 g/mol. The monoisotopic (exact) mass is 416 g/mol. The second-order valence-electron chi connectivity index (χ2n) is 7.81. The molecule has 0 unspecified atom stereocenters. The van der Waals surface area contributed by atoms with Gasteiger partial charge in [-0.25, -0.2) is 0 Å². The van der Waals surface area contributed by atoms with Gasteiger partial charge in [-0.2, -0.15) is 11.8 Å². The maximum atomic E-state index is 12.8. The molecule has 0 aliphatic carbocycles.